The molecule has 0 aliphatic carbocycles. The van der Waals surface area contributed by atoms with Crippen molar-refractivity contribution in [1.29, 1.82) is 0 Å². The molecule has 28 heavy (non-hydrogen) atoms. The Morgan fingerprint density at radius 2 is 1.75 bits per heavy atom. The standard InChI is InChI=1S/C21H30ClN3O3/c1-21(2,3)28-20(27)23-12-19(26)24-16-10-17-8-9-18(11-16)25(17)13-14-4-6-15(22)7-5-14/h4-7,16-18H,8-13H2,1-3H3,(H,23,27)(H,24,26). The lowest BCUT2D eigenvalue weighted by Gasteiger charge is -2.39. The number of carbonyl (C=O) groups is 2. The van der Waals surface area contributed by atoms with Crippen molar-refractivity contribution in [3.63, 3.8) is 0 Å². The number of halogens is 1. The summed E-state index contributed by atoms with van der Waals surface area (Å²) in [5.74, 6) is -0.165. The SMILES string of the molecule is CC(C)(C)OC(=O)NCC(=O)NC1CC2CCC(C1)N2Cc1ccc(Cl)cc1. The van der Waals surface area contributed by atoms with E-state index >= 15 is 0 Å². The highest BCUT2D eigenvalue weighted by atomic mass is 35.5. The van der Waals surface area contributed by atoms with Gasteiger partial charge in [0.25, 0.3) is 0 Å². The first-order valence-corrected chi connectivity index (χ1v) is 10.3. The van der Waals surface area contributed by atoms with Crippen LogP contribution in [0.3, 0.4) is 0 Å². The fraction of sp³-hybridized carbons (Fsp3) is 0.619. The molecule has 0 spiro atoms. The predicted molar refractivity (Wildman–Crippen MR) is 109 cm³/mol. The van der Waals surface area contributed by atoms with Gasteiger partial charge >= 0.3 is 6.09 Å². The predicted octanol–water partition coefficient (Wildman–Crippen LogP) is 3.48. The van der Waals surface area contributed by atoms with Gasteiger partial charge in [-0.3, -0.25) is 9.69 Å². The van der Waals surface area contributed by atoms with Gasteiger partial charge in [0.1, 0.15) is 12.1 Å². The van der Waals surface area contributed by atoms with Crippen molar-refractivity contribution in [2.45, 2.75) is 76.7 Å². The summed E-state index contributed by atoms with van der Waals surface area (Å²) in [5, 5.41) is 6.35. The van der Waals surface area contributed by atoms with Crippen LogP contribution in [-0.4, -0.2) is 47.2 Å². The summed E-state index contributed by atoms with van der Waals surface area (Å²) in [4.78, 5) is 26.5. The van der Waals surface area contributed by atoms with Crippen molar-refractivity contribution in [3.8, 4) is 0 Å². The van der Waals surface area contributed by atoms with Crippen LogP contribution >= 0.6 is 11.6 Å². The Balaban J connectivity index is 1.45. The van der Waals surface area contributed by atoms with Gasteiger partial charge in [0, 0.05) is 29.7 Å². The summed E-state index contributed by atoms with van der Waals surface area (Å²) in [6.07, 6.45) is 3.66. The van der Waals surface area contributed by atoms with Crippen LogP contribution in [0.5, 0.6) is 0 Å². The monoisotopic (exact) mass is 407 g/mol. The van der Waals surface area contributed by atoms with Crippen molar-refractivity contribution in [3.05, 3.63) is 34.9 Å². The van der Waals surface area contributed by atoms with E-state index in [0.29, 0.717) is 12.1 Å². The second kappa shape index (κ2) is 8.70. The van der Waals surface area contributed by atoms with Crippen molar-refractivity contribution in [1.82, 2.24) is 15.5 Å². The van der Waals surface area contributed by atoms with Crippen LogP contribution in [0.25, 0.3) is 0 Å². The van der Waals surface area contributed by atoms with Crippen LogP contribution in [0.2, 0.25) is 5.02 Å². The fourth-order valence-electron chi connectivity index (χ4n) is 4.20. The molecule has 2 unspecified atom stereocenters. The largest absolute Gasteiger partial charge is 0.444 e. The third kappa shape index (κ3) is 5.85. The lowest BCUT2D eigenvalue weighted by molar-refractivity contribution is -0.121. The van der Waals surface area contributed by atoms with Crippen LogP contribution in [0.1, 0.15) is 52.0 Å². The van der Waals surface area contributed by atoms with Gasteiger partial charge < -0.3 is 15.4 Å². The minimum atomic E-state index is -0.573. The molecule has 2 saturated heterocycles. The molecule has 2 heterocycles. The number of hydrogen-bond donors (Lipinski definition) is 2. The van der Waals surface area contributed by atoms with E-state index in [1.54, 1.807) is 20.8 Å². The lowest BCUT2D eigenvalue weighted by atomic mass is 9.96. The van der Waals surface area contributed by atoms with Gasteiger partial charge in [0.2, 0.25) is 5.91 Å². The van der Waals surface area contributed by atoms with Crippen LogP contribution in [-0.2, 0) is 16.1 Å². The number of alkyl carbamates (subject to hydrolysis) is 1. The zero-order valence-corrected chi connectivity index (χ0v) is 17.6. The minimum Gasteiger partial charge on any atom is -0.444 e. The van der Waals surface area contributed by atoms with E-state index < -0.39 is 11.7 Å². The molecule has 2 aliphatic rings. The molecule has 1 aromatic carbocycles. The lowest BCUT2D eigenvalue weighted by Crippen LogP contribution is -2.51. The number of carbonyl (C=O) groups excluding carboxylic acids is 2. The third-order valence-electron chi connectivity index (χ3n) is 5.32. The molecule has 1 aromatic rings. The van der Waals surface area contributed by atoms with E-state index in [0.717, 1.165) is 24.4 Å². The number of ether oxygens (including phenoxy) is 1. The highest BCUT2D eigenvalue weighted by Gasteiger charge is 2.40. The van der Waals surface area contributed by atoms with Crippen LogP contribution < -0.4 is 10.6 Å². The number of nitrogens with one attached hydrogen (secondary N) is 2. The maximum Gasteiger partial charge on any atom is 0.408 e. The van der Waals surface area contributed by atoms with Gasteiger partial charge in [-0.2, -0.15) is 0 Å². The van der Waals surface area contributed by atoms with Gasteiger partial charge in [-0.1, -0.05) is 23.7 Å². The quantitative estimate of drug-likeness (QED) is 0.783. The van der Waals surface area contributed by atoms with Gasteiger partial charge in [-0.05, 0) is 64.2 Å². The van der Waals surface area contributed by atoms with Crippen LogP contribution in [0.4, 0.5) is 4.79 Å². The Bertz CT molecular complexity index is 688. The molecule has 154 valence electrons. The highest BCUT2D eigenvalue weighted by molar-refractivity contribution is 6.30. The van der Waals surface area contributed by atoms with Gasteiger partial charge in [0.15, 0.2) is 0 Å². The first kappa shape index (κ1) is 20.9. The Kier molecular flexibility index (Phi) is 6.50. The third-order valence-corrected chi connectivity index (χ3v) is 5.57. The normalized spacial score (nSPS) is 24.6. The molecule has 0 saturated carbocycles. The average molecular weight is 408 g/mol. The number of piperidine rings is 1. The number of amides is 2. The van der Waals surface area contributed by atoms with Crippen molar-refractivity contribution in [2.24, 2.45) is 0 Å². The molecule has 2 fully saturated rings. The molecule has 7 heteroatoms. The average Bonchev–Trinajstić information content (AvgIpc) is 2.83. The summed E-state index contributed by atoms with van der Waals surface area (Å²) in [7, 11) is 0. The molecule has 6 nitrogen and oxygen atoms in total. The molecular weight excluding hydrogens is 378 g/mol. The van der Waals surface area contributed by atoms with Crippen molar-refractivity contribution in [2.75, 3.05) is 6.54 Å². The Morgan fingerprint density at radius 1 is 1.14 bits per heavy atom. The molecule has 3 rings (SSSR count). The van der Waals surface area contributed by atoms with Gasteiger partial charge in [-0.25, -0.2) is 4.79 Å². The fourth-order valence-corrected chi connectivity index (χ4v) is 4.32. The van der Waals surface area contributed by atoms with Gasteiger partial charge in [-0.15, -0.1) is 0 Å². The highest BCUT2D eigenvalue weighted by Crippen LogP contribution is 2.36. The minimum absolute atomic E-state index is 0.0603. The first-order chi connectivity index (χ1) is 13.2. The van der Waals surface area contributed by atoms with E-state index in [9.17, 15) is 9.59 Å². The number of fused-ring (bicyclic) bond motifs is 2. The molecule has 0 radical (unpaired) electrons. The summed E-state index contributed by atoms with van der Waals surface area (Å²) in [5.41, 5.74) is 0.696. The van der Waals surface area contributed by atoms with E-state index in [4.69, 9.17) is 16.3 Å². The van der Waals surface area contributed by atoms with E-state index in [1.165, 1.54) is 18.4 Å². The molecule has 0 aromatic heterocycles. The molecule has 2 bridgehead atoms. The van der Waals surface area contributed by atoms with E-state index in [-0.39, 0.29) is 18.5 Å². The molecule has 2 N–H and O–H groups in total. The zero-order chi connectivity index (χ0) is 20.3. The van der Waals surface area contributed by atoms with E-state index in [2.05, 4.69) is 27.7 Å². The van der Waals surface area contributed by atoms with Crippen molar-refractivity contribution >= 4 is 23.6 Å². The maximum atomic E-state index is 12.2. The Hall–Kier alpha value is -1.79. The number of rotatable bonds is 5. The zero-order valence-electron chi connectivity index (χ0n) is 16.8. The number of benzene rings is 1. The Labute approximate surface area is 171 Å². The molecule has 2 amide bonds. The topological polar surface area (TPSA) is 70.7 Å². The summed E-state index contributed by atoms with van der Waals surface area (Å²) in [6, 6.07) is 9.16. The van der Waals surface area contributed by atoms with Gasteiger partial charge in [0.05, 0.1) is 0 Å². The van der Waals surface area contributed by atoms with Crippen LogP contribution in [0, 0.1) is 0 Å². The van der Waals surface area contributed by atoms with Crippen LogP contribution in [0.15, 0.2) is 24.3 Å². The number of hydrogen-bond acceptors (Lipinski definition) is 4. The number of nitrogens with zero attached hydrogens (tertiary/aromatic N) is 1. The smallest absolute Gasteiger partial charge is 0.408 e. The summed E-state index contributed by atoms with van der Waals surface area (Å²) < 4.78 is 5.16. The summed E-state index contributed by atoms with van der Waals surface area (Å²) >= 11 is 5.98. The Morgan fingerprint density at radius 3 is 2.32 bits per heavy atom. The second-order valence-electron chi connectivity index (χ2n) is 8.78. The second-order valence-corrected chi connectivity index (χ2v) is 9.21. The van der Waals surface area contributed by atoms with E-state index in [1.807, 2.05) is 12.1 Å². The van der Waals surface area contributed by atoms with Crippen molar-refractivity contribution < 1.29 is 14.3 Å². The maximum absolute atomic E-state index is 12.2. The molecule has 2 atom stereocenters. The molecular formula is C21H30ClN3O3. The summed E-state index contributed by atoms with van der Waals surface area (Å²) in [6.45, 7) is 6.24. The first-order valence-electron chi connectivity index (χ1n) is 9.96. The molecule has 2 aliphatic heterocycles.